The Labute approximate surface area is 272 Å². The van der Waals surface area contributed by atoms with Gasteiger partial charge < -0.3 is 5.32 Å². The summed E-state index contributed by atoms with van der Waals surface area (Å²) in [7, 11) is 0. The van der Waals surface area contributed by atoms with Crippen LogP contribution in [-0.2, 0) is 0 Å². The molecule has 1 aliphatic heterocycles. The average molecular weight is 593 g/mol. The summed E-state index contributed by atoms with van der Waals surface area (Å²) in [6.07, 6.45) is 22.7. The second-order valence-electron chi connectivity index (χ2n) is 10.7. The molecule has 0 fully saturated rings. The van der Waals surface area contributed by atoms with E-state index in [1.54, 1.807) is 6.08 Å². The standard InChI is InChI=1S/C35H30N2.C5H10.C3H8/c1-3-4-5-12-26(2)31-23-32(25-33(24-31)35-18-7-9-20-37-35)29-15-10-13-27(21-29)28-14-11-16-30(22-28)34-17-6-8-19-36-34;1-3-5-4-2;1-3-2/h3-18,20-25,36H,1,19H2,2H3;3,5H,4H2,1-2H3;3H2,1-2H3/b5-4-,26-12+;;. The van der Waals surface area contributed by atoms with Crippen molar-refractivity contribution >= 4 is 11.3 Å². The number of benzene rings is 3. The van der Waals surface area contributed by atoms with Gasteiger partial charge in [0.1, 0.15) is 0 Å². The molecule has 2 nitrogen and oxygen atoms in total. The molecule has 1 aromatic heterocycles. The molecular weight excluding hydrogens is 544 g/mol. The molecule has 1 aliphatic rings. The highest BCUT2D eigenvalue weighted by Crippen LogP contribution is 2.33. The van der Waals surface area contributed by atoms with E-state index in [1.165, 1.54) is 45.4 Å². The Balaban J connectivity index is 0.000000620. The first-order valence-electron chi connectivity index (χ1n) is 16.0. The molecule has 3 aromatic carbocycles. The number of rotatable bonds is 8. The molecule has 0 aliphatic carbocycles. The summed E-state index contributed by atoms with van der Waals surface area (Å²) in [4.78, 5) is 4.62. The molecule has 0 saturated heterocycles. The number of pyridine rings is 1. The van der Waals surface area contributed by atoms with Crippen LogP contribution < -0.4 is 5.32 Å². The summed E-state index contributed by atoms with van der Waals surface area (Å²) >= 11 is 0. The number of aromatic nitrogens is 1. The second kappa shape index (κ2) is 19.4. The van der Waals surface area contributed by atoms with Gasteiger partial charge in [0.25, 0.3) is 0 Å². The first-order valence-corrected chi connectivity index (χ1v) is 16.0. The number of hydrogen-bond donors (Lipinski definition) is 1. The fourth-order valence-electron chi connectivity index (χ4n) is 4.72. The largest absolute Gasteiger partial charge is 0.381 e. The zero-order valence-electron chi connectivity index (χ0n) is 27.6. The number of dihydropyridines is 1. The third-order valence-electron chi connectivity index (χ3n) is 6.93. The van der Waals surface area contributed by atoms with E-state index in [0.717, 1.165) is 29.9 Å². The normalized spacial score (nSPS) is 12.5. The molecule has 0 bridgehead atoms. The molecular formula is C43H48N2. The van der Waals surface area contributed by atoms with Crippen molar-refractivity contribution in [3.63, 3.8) is 0 Å². The SMILES string of the molecule is C=C/C=C\C=C(/C)c1cc(-c2cccc(-c3cccc(C4=CC=CCN4)c3)c2)cc(-c2ccccn2)c1.CC=CCC.CCC. The quantitative estimate of drug-likeness (QED) is 0.163. The van der Waals surface area contributed by atoms with Gasteiger partial charge in [-0.15, -0.1) is 0 Å². The lowest BCUT2D eigenvalue weighted by molar-refractivity contribution is 0.996. The lowest BCUT2D eigenvalue weighted by atomic mass is 9.93. The van der Waals surface area contributed by atoms with Gasteiger partial charge in [-0.25, -0.2) is 0 Å². The highest BCUT2D eigenvalue weighted by Gasteiger charge is 2.10. The molecule has 1 N–H and O–H groups in total. The van der Waals surface area contributed by atoms with Crippen molar-refractivity contribution in [1.29, 1.82) is 0 Å². The van der Waals surface area contributed by atoms with Crippen molar-refractivity contribution in [3.8, 4) is 33.5 Å². The van der Waals surface area contributed by atoms with Crippen molar-refractivity contribution in [2.75, 3.05) is 6.54 Å². The minimum absolute atomic E-state index is 0.859. The summed E-state index contributed by atoms with van der Waals surface area (Å²) in [5, 5.41) is 3.46. The number of hydrogen-bond acceptors (Lipinski definition) is 2. The predicted octanol–water partition coefficient (Wildman–Crippen LogP) is 12.1. The third kappa shape index (κ3) is 10.9. The Morgan fingerprint density at radius 2 is 1.44 bits per heavy atom. The molecule has 0 unspecified atom stereocenters. The maximum atomic E-state index is 4.62. The first kappa shape index (κ1) is 34.5. The molecule has 2 heteroatoms. The van der Waals surface area contributed by atoms with Crippen LogP contribution in [0.15, 0.2) is 152 Å². The Morgan fingerprint density at radius 1 is 0.800 bits per heavy atom. The van der Waals surface area contributed by atoms with Crippen molar-refractivity contribution in [2.45, 2.75) is 47.5 Å². The summed E-state index contributed by atoms with van der Waals surface area (Å²) < 4.78 is 0. The number of nitrogens with one attached hydrogen (secondary N) is 1. The van der Waals surface area contributed by atoms with E-state index < -0.39 is 0 Å². The third-order valence-corrected chi connectivity index (χ3v) is 6.93. The van der Waals surface area contributed by atoms with Crippen LogP contribution >= 0.6 is 0 Å². The second-order valence-corrected chi connectivity index (χ2v) is 10.7. The predicted molar refractivity (Wildman–Crippen MR) is 200 cm³/mol. The monoisotopic (exact) mass is 592 g/mol. The van der Waals surface area contributed by atoms with Crippen LogP contribution in [0, 0.1) is 0 Å². The summed E-state index contributed by atoms with van der Waals surface area (Å²) in [6, 6.07) is 30.2. The van der Waals surface area contributed by atoms with E-state index in [0.29, 0.717) is 0 Å². The maximum absolute atomic E-state index is 4.62. The van der Waals surface area contributed by atoms with Crippen LogP contribution in [0.4, 0.5) is 0 Å². The zero-order valence-corrected chi connectivity index (χ0v) is 27.6. The van der Waals surface area contributed by atoms with Crippen LogP contribution in [0.2, 0.25) is 0 Å². The van der Waals surface area contributed by atoms with E-state index in [1.807, 2.05) is 37.4 Å². The highest BCUT2D eigenvalue weighted by atomic mass is 14.9. The highest BCUT2D eigenvalue weighted by molar-refractivity contribution is 5.82. The molecule has 0 radical (unpaired) electrons. The zero-order chi connectivity index (χ0) is 32.3. The number of allylic oxidation sites excluding steroid dienone is 9. The van der Waals surface area contributed by atoms with Gasteiger partial charge in [-0.3, -0.25) is 4.98 Å². The van der Waals surface area contributed by atoms with Crippen LogP contribution in [0.1, 0.15) is 58.6 Å². The van der Waals surface area contributed by atoms with Crippen LogP contribution in [-0.4, -0.2) is 11.5 Å². The van der Waals surface area contributed by atoms with E-state index in [9.17, 15) is 0 Å². The molecule has 5 rings (SSSR count). The molecule has 0 spiro atoms. The molecule has 0 atom stereocenters. The van der Waals surface area contributed by atoms with E-state index >= 15 is 0 Å². The Morgan fingerprint density at radius 3 is 2.02 bits per heavy atom. The summed E-state index contributed by atoms with van der Waals surface area (Å²) in [5.74, 6) is 0. The average Bonchev–Trinajstić information content (AvgIpc) is 3.10. The van der Waals surface area contributed by atoms with Gasteiger partial charge in [-0.1, -0.05) is 125 Å². The Kier molecular flexibility index (Phi) is 14.9. The fourth-order valence-corrected chi connectivity index (χ4v) is 4.72. The molecule has 2 heterocycles. The summed E-state index contributed by atoms with van der Waals surface area (Å²) in [5.41, 5.74) is 11.5. The number of nitrogens with zero attached hydrogens (tertiary/aromatic N) is 1. The van der Waals surface area contributed by atoms with Gasteiger partial charge in [0.15, 0.2) is 0 Å². The van der Waals surface area contributed by atoms with Crippen molar-refractivity contribution in [1.82, 2.24) is 10.3 Å². The Bertz CT molecular complexity index is 1650. The van der Waals surface area contributed by atoms with Gasteiger partial charge in [-0.05, 0) is 108 Å². The lowest BCUT2D eigenvalue weighted by Gasteiger charge is -2.14. The van der Waals surface area contributed by atoms with Gasteiger partial charge in [0, 0.05) is 24.0 Å². The van der Waals surface area contributed by atoms with Gasteiger partial charge >= 0.3 is 0 Å². The minimum atomic E-state index is 0.859. The van der Waals surface area contributed by atoms with Gasteiger partial charge in [0.2, 0.25) is 0 Å². The molecule has 0 saturated carbocycles. The van der Waals surface area contributed by atoms with Crippen molar-refractivity contribution in [2.24, 2.45) is 0 Å². The van der Waals surface area contributed by atoms with E-state index in [2.05, 4.69) is 154 Å². The van der Waals surface area contributed by atoms with Crippen molar-refractivity contribution in [3.05, 3.63) is 164 Å². The fraction of sp³-hybridized carbons (Fsp3) is 0.186. The van der Waals surface area contributed by atoms with E-state index in [4.69, 9.17) is 0 Å². The van der Waals surface area contributed by atoms with Crippen molar-refractivity contribution < 1.29 is 0 Å². The lowest BCUT2D eigenvalue weighted by Crippen LogP contribution is -2.14. The van der Waals surface area contributed by atoms with Gasteiger partial charge in [-0.2, -0.15) is 0 Å². The summed E-state index contributed by atoms with van der Waals surface area (Å²) in [6.45, 7) is 15.2. The smallest absolute Gasteiger partial charge is 0.0702 e. The van der Waals surface area contributed by atoms with Crippen LogP contribution in [0.3, 0.4) is 0 Å². The molecule has 4 aromatic rings. The molecule has 45 heavy (non-hydrogen) atoms. The molecule has 230 valence electrons. The van der Waals surface area contributed by atoms with Crippen LogP contribution in [0.5, 0.6) is 0 Å². The van der Waals surface area contributed by atoms with Gasteiger partial charge in [0.05, 0.1) is 5.69 Å². The molecule has 0 amide bonds. The van der Waals surface area contributed by atoms with E-state index in [-0.39, 0.29) is 0 Å². The van der Waals surface area contributed by atoms with Crippen LogP contribution in [0.25, 0.3) is 44.8 Å². The Hall–Kier alpha value is -4.95. The first-order chi connectivity index (χ1) is 22.0. The minimum Gasteiger partial charge on any atom is -0.381 e. The maximum Gasteiger partial charge on any atom is 0.0702 e. The topological polar surface area (TPSA) is 24.9 Å².